The highest BCUT2D eigenvalue weighted by molar-refractivity contribution is 7.99. The predicted molar refractivity (Wildman–Crippen MR) is 101 cm³/mol. The average molecular weight is 357 g/mol. The molecule has 0 atom stereocenters. The standard InChI is InChI=1S/C18H17ClN4S/c1-11-6-8-13(9-7-11)24-18-16(20)17(21-10-22-18)23-15-5-3-4-14(19)12(15)2/h3-10H,20H2,1-2H3,(H,21,22,23). The molecule has 0 saturated heterocycles. The van der Waals surface area contributed by atoms with E-state index >= 15 is 0 Å². The number of benzene rings is 2. The lowest BCUT2D eigenvalue weighted by molar-refractivity contribution is 1.06. The largest absolute Gasteiger partial charge is 0.394 e. The van der Waals surface area contributed by atoms with Crippen LogP contribution in [0.5, 0.6) is 0 Å². The smallest absolute Gasteiger partial charge is 0.158 e. The molecular weight excluding hydrogens is 340 g/mol. The lowest BCUT2D eigenvalue weighted by Crippen LogP contribution is -2.03. The Hall–Kier alpha value is -2.24. The molecule has 3 rings (SSSR count). The Kier molecular flexibility index (Phi) is 4.92. The van der Waals surface area contributed by atoms with E-state index in [2.05, 4.69) is 46.5 Å². The summed E-state index contributed by atoms with van der Waals surface area (Å²) in [4.78, 5) is 9.64. The first-order valence-electron chi connectivity index (χ1n) is 7.41. The minimum Gasteiger partial charge on any atom is -0.394 e. The minimum absolute atomic E-state index is 0.516. The molecule has 0 saturated carbocycles. The molecule has 24 heavy (non-hydrogen) atoms. The second kappa shape index (κ2) is 7.11. The van der Waals surface area contributed by atoms with Gasteiger partial charge in [-0.05, 0) is 43.7 Å². The third-order valence-corrected chi connectivity index (χ3v) is 5.04. The molecule has 0 aliphatic heterocycles. The molecule has 4 nitrogen and oxygen atoms in total. The van der Waals surface area contributed by atoms with E-state index in [4.69, 9.17) is 17.3 Å². The topological polar surface area (TPSA) is 63.8 Å². The van der Waals surface area contributed by atoms with E-state index in [0.717, 1.165) is 21.2 Å². The van der Waals surface area contributed by atoms with Gasteiger partial charge in [-0.2, -0.15) is 0 Å². The van der Waals surface area contributed by atoms with Crippen molar-refractivity contribution in [2.45, 2.75) is 23.8 Å². The Balaban J connectivity index is 1.88. The van der Waals surface area contributed by atoms with Gasteiger partial charge < -0.3 is 11.1 Å². The summed E-state index contributed by atoms with van der Waals surface area (Å²) in [6.45, 7) is 4.01. The average Bonchev–Trinajstić information content (AvgIpc) is 2.57. The number of aryl methyl sites for hydroxylation is 1. The first kappa shape index (κ1) is 16.6. The lowest BCUT2D eigenvalue weighted by Gasteiger charge is -2.13. The molecule has 0 aliphatic rings. The summed E-state index contributed by atoms with van der Waals surface area (Å²) in [7, 11) is 0. The second-order valence-electron chi connectivity index (χ2n) is 5.39. The van der Waals surface area contributed by atoms with Crippen LogP contribution in [0.25, 0.3) is 0 Å². The number of aromatic nitrogens is 2. The van der Waals surface area contributed by atoms with Crippen LogP contribution in [-0.4, -0.2) is 9.97 Å². The normalized spacial score (nSPS) is 10.6. The van der Waals surface area contributed by atoms with Gasteiger partial charge in [-0.1, -0.05) is 47.1 Å². The van der Waals surface area contributed by atoms with Crippen molar-refractivity contribution >= 4 is 40.6 Å². The molecule has 2 aromatic carbocycles. The lowest BCUT2D eigenvalue weighted by atomic mass is 10.2. The Bertz CT molecular complexity index is 865. The molecule has 0 radical (unpaired) electrons. The molecule has 0 aliphatic carbocycles. The SMILES string of the molecule is Cc1ccc(Sc2ncnc(Nc3cccc(Cl)c3C)c2N)cc1. The molecule has 0 bridgehead atoms. The van der Waals surface area contributed by atoms with Gasteiger partial charge in [0.2, 0.25) is 0 Å². The van der Waals surface area contributed by atoms with Crippen molar-refractivity contribution in [3.63, 3.8) is 0 Å². The molecule has 3 aromatic rings. The van der Waals surface area contributed by atoms with Crippen LogP contribution < -0.4 is 11.1 Å². The number of nitrogen functional groups attached to an aromatic ring is 1. The van der Waals surface area contributed by atoms with Gasteiger partial charge in [0.15, 0.2) is 5.82 Å². The van der Waals surface area contributed by atoms with Crippen LogP contribution in [0.15, 0.2) is 58.7 Å². The first-order chi connectivity index (χ1) is 11.5. The fraction of sp³-hybridized carbons (Fsp3) is 0.111. The van der Waals surface area contributed by atoms with E-state index < -0.39 is 0 Å². The van der Waals surface area contributed by atoms with Crippen molar-refractivity contribution in [1.29, 1.82) is 0 Å². The molecular formula is C18H17ClN4S. The number of rotatable bonds is 4. The summed E-state index contributed by atoms with van der Waals surface area (Å²) < 4.78 is 0. The van der Waals surface area contributed by atoms with Crippen LogP contribution in [0.1, 0.15) is 11.1 Å². The van der Waals surface area contributed by atoms with E-state index in [1.807, 2.05) is 25.1 Å². The van der Waals surface area contributed by atoms with Gasteiger partial charge in [-0.3, -0.25) is 0 Å². The van der Waals surface area contributed by atoms with Crippen molar-refractivity contribution in [2.75, 3.05) is 11.1 Å². The van der Waals surface area contributed by atoms with Crippen molar-refractivity contribution in [3.05, 3.63) is 64.9 Å². The van der Waals surface area contributed by atoms with Gasteiger partial charge in [0.1, 0.15) is 17.0 Å². The zero-order chi connectivity index (χ0) is 17.1. The highest BCUT2D eigenvalue weighted by Crippen LogP contribution is 2.35. The molecule has 0 spiro atoms. The Labute approximate surface area is 150 Å². The van der Waals surface area contributed by atoms with Gasteiger partial charge in [-0.15, -0.1) is 0 Å². The molecule has 1 heterocycles. The zero-order valence-corrected chi connectivity index (χ0v) is 14.9. The molecule has 6 heteroatoms. The maximum absolute atomic E-state index is 6.26. The van der Waals surface area contributed by atoms with Gasteiger partial charge in [0.05, 0.1) is 0 Å². The number of nitrogens with one attached hydrogen (secondary N) is 1. The van der Waals surface area contributed by atoms with E-state index in [1.54, 1.807) is 0 Å². The maximum atomic E-state index is 6.26. The summed E-state index contributed by atoms with van der Waals surface area (Å²) in [6, 6.07) is 13.9. The number of anilines is 3. The van der Waals surface area contributed by atoms with E-state index in [9.17, 15) is 0 Å². The fourth-order valence-corrected chi connectivity index (χ4v) is 3.13. The molecule has 3 N–H and O–H groups in total. The minimum atomic E-state index is 0.516. The van der Waals surface area contributed by atoms with Gasteiger partial charge in [0, 0.05) is 15.6 Å². The molecule has 0 unspecified atom stereocenters. The van der Waals surface area contributed by atoms with Gasteiger partial charge in [0.25, 0.3) is 0 Å². The summed E-state index contributed by atoms with van der Waals surface area (Å²) in [5, 5.41) is 4.66. The summed E-state index contributed by atoms with van der Waals surface area (Å²) >= 11 is 7.68. The van der Waals surface area contributed by atoms with Crippen LogP contribution in [0.3, 0.4) is 0 Å². The zero-order valence-electron chi connectivity index (χ0n) is 13.4. The van der Waals surface area contributed by atoms with Crippen LogP contribution in [0.2, 0.25) is 5.02 Å². The number of nitrogens with zero attached hydrogens (tertiary/aromatic N) is 2. The van der Waals surface area contributed by atoms with Crippen LogP contribution in [0, 0.1) is 13.8 Å². The van der Waals surface area contributed by atoms with Crippen LogP contribution in [-0.2, 0) is 0 Å². The number of hydrogen-bond donors (Lipinski definition) is 2. The van der Waals surface area contributed by atoms with E-state index in [-0.39, 0.29) is 0 Å². The monoisotopic (exact) mass is 356 g/mol. The second-order valence-corrected chi connectivity index (χ2v) is 6.86. The maximum Gasteiger partial charge on any atom is 0.158 e. The summed E-state index contributed by atoms with van der Waals surface area (Å²) in [6.07, 6.45) is 1.51. The third-order valence-electron chi connectivity index (χ3n) is 3.60. The third kappa shape index (κ3) is 3.63. The van der Waals surface area contributed by atoms with Gasteiger partial charge in [-0.25, -0.2) is 9.97 Å². The number of halogens is 1. The van der Waals surface area contributed by atoms with Crippen molar-refractivity contribution in [2.24, 2.45) is 0 Å². The highest BCUT2D eigenvalue weighted by Gasteiger charge is 2.11. The highest BCUT2D eigenvalue weighted by atomic mass is 35.5. The van der Waals surface area contributed by atoms with Crippen molar-refractivity contribution in [3.8, 4) is 0 Å². The van der Waals surface area contributed by atoms with Gasteiger partial charge >= 0.3 is 0 Å². The number of nitrogens with two attached hydrogens (primary N) is 1. The quantitative estimate of drug-likeness (QED) is 0.627. The van der Waals surface area contributed by atoms with Crippen molar-refractivity contribution < 1.29 is 0 Å². The molecule has 0 amide bonds. The van der Waals surface area contributed by atoms with Crippen LogP contribution in [0.4, 0.5) is 17.2 Å². The van der Waals surface area contributed by atoms with E-state index in [1.165, 1.54) is 23.7 Å². The summed E-state index contributed by atoms with van der Waals surface area (Å²) in [5.74, 6) is 0.574. The molecule has 1 aromatic heterocycles. The van der Waals surface area contributed by atoms with E-state index in [0.29, 0.717) is 16.5 Å². The Morgan fingerprint density at radius 1 is 1.04 bits per heavy atom. The predicted octanol–water partition coefficient (Wildman–Crippen LogP) is 5.22. The first-order valence-corrected chi connectivity index (χ1v) is 8.61. The Morgan fingerprint density at radius 3 is 2.54 bits per heavy atom. The molecule has 122 valence electrons. The van der Waals surface area contributed by atoms with Crippen LogP contribution >= 0.6 is 23.4 Å². The summed E-state index contributed by atoms with van der Waals surface area (Å²) in [5.41, 5.74) is 9.81. The molecule has 0 fully saturated rings. The Morgan fingerprint density at radius 2 is 1.79 bits per heavy atom. The number of hydrogen-bond acceptors (Lipinski definition) is 5. The van der Waals surface area contributed by atoms with Crippen molar-refractivity contribution in [1.82, 2.24) is 9.97 Å². The fourth-order valence-electron chi connectivity index (χ4n) is 2.15.